The molecule has 26 atom stereocenters. The lowest BCUT2D eigenvalue weighted by molar-refractivity contribution is -0.316. The van der Waals surface area contributed by atoms with E-state index in [2.05, 4.69) is 0 Å². The van der Waals surface area contributed by atoms with Crippen LogP contribution in [0.4, 0.5) is 0 Å². The molecule has 26 unspecified atom stereocenters. The van der Waals surface area contributed by atoms with E-state index in [0.29, 0.717) is 57.8 Å². The summed E-state index contributed by atoms with van der Waals surface area (Å²) in [6.45, 7) is 1.32. The van der Waals surface area contributed by atoms with Crippen LogP contribution in [0.25, 0.3) is 0 Å². The van der Waals surface area contributed by atoms with Gasteiger partial charge >= 0.3 is 11.9 Å². The Balaban J connectivity index is 1.03. The quantitative estimate of drug-likeness (QED) is 0.0308. The van der Waals surface area contributed by atoms with Crippen molar-refractivity contribution in [2.75, 3.05) is 26.4 Å². The van der Waals surface area contributed by atoms with Crippen LogP contribution in [0.15, 0.2) is 0 Å². The van der Waals surface area contributed by atoms with Gasteiger partial charge in [0.25, 0.3) is 0 Å². The molecular weight excluding hydrogens is 1290 g/mol. The predicted molar refractivity (Wildman–Crippen MR) is 352 cm³/mol. The minimum Gasteiger partial charge on any atom is -0.463 e. The van der Waals surface area contributed by atoms with Crippen molar-refractivity contribution in [2.24, 2.45) is 0 Å². The average Bonchev–Trinajstić information content (AvgIpc) is 0.825. The van der Waals surface area contributed by atoms with Crippen molar-refractivity contribution >= 4 is 11.9 Å². The number of unbranched alkanes of at least 4 members (excludes halogenated alkanes) is 22. The number of fused-ring (bicyclic) bond motifs is 4. The fourth-order valence-corrected chi connectivity index (χ4v) is 13.6. The van der Waals surface area contributed by atoms with Gasteiger partial charge in [0, 0.05) is 0 Å². The van der Waals surface area contributed by atoms with E-state index in [-0.39, 0.29) is 43.7 Å². The standard InChI is InChI=1S/C70H128O28/c1-43(73)29-21-19-27-33-45(91-67-63(85)59(81)55(77)49(39-71)95-67)31-23-15-11-7-4-3-5-8-13-17-25-35-47-37-53(75)89-41-52-58(80)62(84)66(88)70(98-52)94-48(38-54(76)90-42-51-57(79)61(83)65(87)69(93-47)97-51)36-26-18-14-10-6-9-12-16-24-32-46(34-28-20-22-30-44(2)74)92-68-64(86)60(82)56(78)50(40-72)96-68/h43-52,55-74,77-88H,3-42H2,1-2H3. The first-order valence-corrected chi connectivity index (χ1v) is 37.3. The lowest BCUT2D eigenvalue weighted by atomic mass is 9.98. The largest absolute Gasteiger partial charge is 0.463 e. The van der Waals surface area contributed by atoms with Gasteiger partial charge in [-0.25, -0.2) is 0 Å². The first-order chi connectivity index (χ1) is 47.0. The number of carbonyl (C=O) groups is 2. The molecule has 4 bridgehead atoms. The van der Waals surface area contributed by atoms with E-state index < -0.39 is 173 Å². The maximum Gasteiger partial charge on any atom is 0.308 e. The molecule has 0 aliphatic carbocycles. The van der Waals surface area contributed by atoms with Crippen molar-refractivity contribution in [1.29, 1.82) is 0 Å². The molecule has 0 amide bonds. The number of carbonyl (C=O) groups excluding carboxylic acids is 2. The van der Waals surface area contributed by atoms with Gasteiger partial charge in [0.1, 0.15) is 111 Å². The number of aliphatic hydroxyl groups excluding tert-OH is 16. The third kappa shape index (κ3) is 31.0. The molecule has 0 radical (unpaired) electrons. The van der Waals surface area contributed by atoms with Crippen molar-refractivity contribution in [3.63, 3.8) is 0 Å². The van der Waals surface area contributed by atoms with Gasteiger partial charge < -0.3 is 129 Å². The molecule has 5 aliphatic rings. The van der Waals surface area contributed by atoms with Crippen LogP contribution in [0, 0.1) is 0 Å². The summed E-state index contributed by atoms with van der Waals surface area (Å²) >= 11 is 0. The molecule has 5 fully saturated rings. The maximum absolute atomic E-state index is 13.5. The summed E-state index contributed by atoms with van der Waals surface area (Å²) in [7, 11) is 0. The first-order valence-electron chi connectivity index (χ1n) is 37.3. The van der Waals surface area contributed by atoms with Crippen molar-refractivity contribution < 1.29 is 139 Å². The van der Waals surface area contributed by atoms with Crippen LogP contribution in [0.5, 0.6) is 0 Å². The number of aliphatic hydroxyl groups is 16. The molecule has 0 aromatic rings. The van der Waals surface area contributed by atoms with Crippen LogP contribution in [0.2, 0.25) is 0 Å². The summed E-state index contributed by atoms with van der Waals surface area (Å²) in [6, 6.07) is 0. The second kappa shape index (κ2) is 48.2. The number of cyclic esters (lactones) is 2. The number of esters is 2. The van der Waals surface area contributed by atoms with Crippen molar-refractivity contribution in [3.8, 4) is 0 Å². The van der Waals surface area contributed by atoms with Crippen LogP contribution >= 0.6 is 0 Å². The minimum atomic E-state index is -1.77. The van der Waals surface area contributed by atoms with Crippen LogP contribution in [-0.4, -0.2) is 280 Å². The normalized spacial score (nSPS) is 35.2. The lowest BCUT2D eigenvalue weighted by Crippen LogP contribution is -2.60. The molecule has 98 heavy (non-hydrogen) atoms. The summed E-state index contributed by atoms with van der Waals surface area (Å²) in [5.41, 5.74) is 0. The Morgan fingerprint density at radius 3 is 0.918 bits per heavy atom. The SMILES string of the molecule is CC(O)CCCCCC(CCCCCCCCCCCCCC1CC(=O)OCC2OC(OC(CCCCCCCCCCCC(CCCCCC(C)O)OC3OC(CO)C(O)C(O)C3O)CC(=O)OCC3OC(O1)C(O)C(O)C3O)C(O)C(O)C2O)OC1OC(CO)C(O)C(O)C1O. The number of hydrogen-bond acceptors (Lipinski definition) is 28. The molecular formula is C70H128O28. The highest BCUT2D eigenvalue weighted by molar-refractivity contribution is 5.70. The van der Waals surface area contributed by atoms with E-state index in [9.17, 15) is 91.3 Å². The van der Waals surface area contributed by atoms with Crippen LogP contribution < -0.4 is 0 Å². The van der Waals surface area contributed by atoms with Crippen molar-refractivity contribution in [2.45, 2.75) is 404 Å². The smallest absolute Gasteiger partial charge is 0.308 e. The summed E-state index contributed by atoms with van der Waals surface area (Å²) in [5.74, 6) is -1.56. The molecule has 0 aromatic heterocycles. The second-order valence-electron chi connectivity index (χ2n) is 28.4. The summed E-state index contributed by atoms with van der Waals surface area (Å²) in [5, 5.41) is 167. The summed E-state index contributed by atoms with van der Waals surface area (Å²) in [4.78, 5) is 27.1. The molecule has 0 spiro atoms. The first kappa shape index (κ1) is 86.6. The summed E-state index contributed by atoms with van der Waals surface area (Å²) in [6.07, 6.45) is -5.60. The molecule has 576 valence electrons. The number of ether oxygens (including phenoxy) is 10. The highest BCUT2D eigenvalue weighted by Gasteiger charge is 2.49. The zero-order valence-electron chi connectivity index (χ0n) is 58.3. The van der Waals surface area contributed by atoms with Crippen LogP contribution in [-0.2, 0) is 57.0 Å². The Hall–Kier alpha value is -2.02. The Bertz CT molecular complexity index is 2060. The lowest BCUT2D eigenvalue weighted by Gasteiger charge is -2.42. The molecule has 5 rings (SSSR count). The van der Waals surface area contributed by atoms with Gasteiger partial charge in [-0.2, -0.15) is 0 Å². The maximum atomic E-state index is 13.5. The topological polar surface area (TPSA) is 450 Å². The zero-order valence-corrected chi connectivity index (χ0v) is 58.3. The second-order valence-corrected chi connectivity index (χ2v) is 28.4. The van der Waals surface area contributed by atoms with Gasteiger partial charge in [0.15, 0.2) is 25.2 Å². The molecule has 5 saturated heterocycles. The van der Waals surface area contributed by atoms with Crippen molar-refractivity contribution in [1.82, 2.24) is 0 Å². The molecule has 5 heterocycles. The number of hydrogen-bond donors (Lipinski definition) is 16. The fraction of sp³-hybridized carbons (Fsp3) is 0.971. The van der Waals surface area contributed by atoms with Crippen molar-refractivity contribution in [3.05, 3.63) is 0 Å². The highest BCUT2D eigenvalue weighted by Crippen LogP contribution is 2.32. The highest BCUT2D eigenvalue weighted by atomic mass is 16.7. The van der Waals surface area contributed by atoms with Crippen LogP contribution in [0.1, 0.15) is 245 Å². The average molecular weight is 1420 g/mol. The zero-order chi connectivity index (χ0) is 71.5. The monoisotopic (exact) mass is 1420 g/mol. The van der Waals surface area contributed by atoms with Gasteiger partial charge in [-0.1, -0.05) is 167 Å². The molecule has 16 N–H and O–H groups in total. The Labute approximate surface area is 579 Å². The van der Waals surface area contributed by atoms with E-state index in [1.807, 2.05) is 0 Å². The van der Waals surface area contributed by atoms with E-state index >= 15 is 0 Å². The third-order valence-electron chi connectivity index (χ3n) is 19.8. The van der Waals surface area contributed by atoms with E-state index in [1.165, 1.54) is 0 Å². The molecule has 5 aliphatic heterocycles. The molecule has 28 heteroatoms. The van der Waals surface area contributed by atoms with Gasteiger partial charge in [-0.3, -0.25) is 9.59 Å². The van der Waals surface area contributed by atoms with E-state index in [1.54, 1.807) is 13.8 Å². The van der Waals surface area contributed by atoms with Gasteiger partial charge in [-0.05, 0) is 65.2 Å². The fourth-order valence-electron chi connectivity index (χ4n) is 13.6. The van der Waals surface area contributed by atoms with Crippen LogP contribution in [0.3, 0.4) is 0 Å². The van der Waals surface area contributed by atoms with Gasteiger partial charge in [0.05, 0.1) is 62.7 Å². The van der Waals surface area contributed by atoms with E-state index in [4.69, 9.17) is 47.4 Å². The predicted octanol–water partition coefficient (Wildman–Crippen LogP) is 2.65. The Morgan fingerprint density at radius 2 is 0.612 bits per heavy atom. The Morgan fingerprint density at radius 1 is 0.337 bits per heavy atom. The Kier molecular flexibility index (Phi) is 42.6. The van der Waals surface area contributed by atoms with E-state index in [0.717, 1.165) is 154 Å². The molecule has 28 nitrogen and oxygen atoms in total. The minimum absolute atomic E-state index is 0.265. The summed E-state index contributed by atoms with van der Waals surface area (Å²) < 4.78 is 58.9. The number of rotatable bonds is 44. The third-order valence-corrected chi connectivity index (χ3v) is 19.8. The molecule has 0 aromatic carbocycles. The van der Waals surface area contributed by atoms with Gasteiger partial charge in [-0.15, -0.1) is 0 Å². The molecule has 0 saturated carbocycles. The van der Waals surface area contributed by atoms with Gasteiger partial charge in [0.2, 0.25) is 0 Å².